The summed E-state index contributed by atoms with van der Waals surface area (Å²) in [6.07, 6.45) is 0. The van der Waals surface area contributed by atoms with E-state index in [9.17, 15) is 15.0 Å². The first-order chi connectivity index (χ1) is 6.63. The van der Waals surface area contributed by atoms with Gasteiger partial charge in [-0.1, -0.05) is 11.5 Å². The molecule has 4 nitrogen and oxygen atoms in total. The van der Waals surface area contributed by atoms with Gasteiger partial charge in [0.05, 0.1) is 10.1 Å². The van der Waals surface area contributed by atoms with E-state index in [1.165, 1.54) is 23.7 Å². The highest BCUT2D eigenvalue weighted by molar-refractivity contribution is 7.13. The first-order valence-corrected chi connectivity index (χ1v) is 4.96. The second-order valence-corrected chi connectivity index (χ2v) is 3.99. The highest BCUT2D eigenvalue weighted by atomic mass is 32.1. The maximum Gasteiger partial charge on any atom is 0.268 e. The summed E-state index contributed by atoms with van der Waals surface area (Å²) >= 11 is 1.28. The molecule has 2 aromatic rings. The smallest absolute Gasteiger partial charge is 0.268 e. The predicted molar refractivity (Wildman–Crippen MR) is 55.1 cm³/mol. The maximum absolute atomic E-state index is 11.6. The van der Waals surface area contributed by atoms with Crippen LogP contribution in [0.2, 0.25) is 0 Å². The number of aromatic nitrogens is 1. The molecular weight excluding hydrogens is 202 g/mol. The fraction of sp³-hybridized carbons (Fsp3) is 0.222. The van der Waals surface area contributed by atoms with Gasteiger partial charge in [0.1, 0.15) is 0 Å². The molecule has 14 heavy (non-hydrogen) atoms. The van der Waals surface area contributed by atoms with Gasteiger partial charge in [-0.3, -0.25) is 8.75 Å². The first-order valence-electron chi connectivity index (χ1n) is 4.19. The molecule has 0 fully saturated rings. The molecule has 0 aliphatic carbocycles. The first kappa shape index (κ1) is 9.08. The fourth-order valence-corrected chi connectivity index (χ4v) is 2.26. The van der Waals surface area contributed by atoms with E-state index in [0.717, 1.165) is 0 Å². The van der Waals surface area contributed by atoms with E-state index in [-0.39, 0.29) is 17.1 Å². The summed E-state index contributed by atoms with van der Waals surface area (Å²) in [6, 6.07) is 2.71. The molecule has 0 bridgehead atoms. The van der Waals surface area contributed by atoms with Crippen molar-refractivity contribution in [2.24, 2.45) is 0 Å². The Balaban J connectivity index is 2.87. The molecule has 74 valence electrons. The molecule has 0 saturated carbocycles. The second kappa shape index (κ2) is 3.02. The number of hydrogen-bond donors (Lipinski definition) is 2. The van der Waals surface area contributed by atoms with E-state index in [1.54, 1.807) is 3.96 Å². The molecule has 1 heterocycles. The van der Waals surface area contributed by atoms with Crippen molar-refractivity contribution in [3.8, 4) is 11.5 Å². The molecule has 0 spiro atoms. The third-order valence-electron chi connectivity index (χ3n) is 2.03. The molecule has 0 saturated heterocycles. The van der Waals surface area contributed by atoms with E-state index in [0.29, 0.717) is 16.6 Å². The largest absolute Gasteiger partial charge is 0.504 e. The summed E-state index contributed by atoms with van der Waals surface area (Å²) in [5.41, 5.74) is -0.122. The van der Waals surface area contributed by atoms with Crippen LogP contribution in [-0.4, -0.2) is 14.2 Å². The summed E-state index contributed by atoms with van der Waals surface area (Å²) in [5.74, 6) is -0.447. The lowest BCUT2D eigenvalue weighted by Gasteiger charge is -1.94. The normalized spacial score (nSPS) is 10.9. The minimum atomic E-state index is -0.254. The number of nitrogens with zero attached hydrogens (tertiary/aromatic N) is 1. The van der Waals surface area contributed by atoms with Crippen molar-refractivity contribution in [2.75, 3.05) is 0 Å². The Bertz CT molecular complexity index is 541. The van der Waals surface area contributed by atoms with Gasteiger partial charge in [0.25, 0.3) is 5.56 Å². The highest BCUT2D eigenvalue weighted by Gasteiger charge is 2.09. The Morgan fingerprint density at radius 3 is 2.64 bits per heavy atom. The van der Waals surface area contributed by atoms with Gasteiger partial charge in [0, 0.05) is 12.6 Å². The lowest BCUT2D eigenvalue weighted by atomic mass is 10.2. The lowest BCUT2D eigenvalue weighted by molar-refractivity contribution is 0.405. The van der Waals surface area contributed by atoms with Gasteiger partial charge < -0.3 is 10.2 Å². The molecule has 5 heteroatoms. The highest BCUT2D eigenvalue weighted by Crippen LogP contribution is 2.30. The molecule has 1 aromatic carbocycles. The van der Waals surface area contributed by atoms with Crippen LogP contribution in [0, 0.1) is 0 Å². The van der Waals surface area contributed by atoms with Gasteiger partial charge in [-0.25, -0.2) is 0 Å². The predicted octanol–water partition coefficient (Wildman–Crippen LogP) is 1.49. The van der Waals surface area contributed by atoms with E-state index < -0.39 is 0 Å². The Labute approximate surface area is 83.8 Å². The summed E-state index contributed by atoms with van der Waals surface area (Å²) in [4.78, 5) is 11.6. The van der Waals surface area contributed by atoms with E-state index >= 15 is 0 Å². The van der Waals surface area contributed by atoms with Crippen molar-refractivity contribution >= 4 is 21.6 Å². The summed E-state index contributed by atoms with van der Waals surface area (Å²) < 4.78 is 2.26. The molecule has 0 aliphatic rings. The quantitative estimate of drug-likeness (QED) is 0.702. The van der Waals surface area contributed by atoms with Crippen molar-refractivity contribution in [1.29, 1.82) is 0 Å². The molecule has 0 atom stereocenters. The number of fused-ring (bicyclic) bond motifs is 1. The number of phenolic OH excluding ortho intramolecular Hbond substituents is 2. The number of aryl methyl sites for hydroxylation is 1. The summed E-state index contributed by atoms with van der Waals surface area (Å²) in [5, 5.41) is 18.9. The van der Waals surface area contributed by atoms with E-state index in [1.807, 2.05) is 6.92 Å². The van der Waals surface area contributed by atoms with Crippen LogP contribution in [0.1, 0.15) is 6.92 Å². The zero-order valence-electron chi connectivity index (χ0n) is 7.52. The minimum Gasteiger partial charge on any atom is -0.504 e. The number of aromatic hydroxyl groups is 2. The third-order valence-corrected chi connectivity index (χ3v) is 3.21. The average molecular weight is 211 g/mol. The Kier molecular flexibility index (Phi) is 1.96. The van der Waals surface area contributed by atoms with Gasteiger partial charge in [0.15, 0.2) is 11.5 Å². The van der Waals surface area contributed by atoms with Crippen molar-refractivity contribution < 1.29 is 10.2 Å². The molecular formula is C9H9NO3S. The molecule has 0 radical (unpaired) electrons. The second-order valence-electron chi connectivity index (χ2n) is 2.93. The Morgan fingerprint density at radius 1 is 1.36 bits per heavy atom. The monoisotopic (exact) mass is 211 g/mol. The van der Waals surface area contributed by atoms with Crippen LogP contribution in [0.5, 0.6) is 11.5 Å². The molecule has 0 amide bonds. The van der Waals surface area contributed by atoms with Gasteiger partial charge in [-0.15, -0.1) is 0 Å². The number of phenols is 2. The topological polar surface area (TPSA) is 62.5 Å². The molecule has 2 rings (SSSR count). The molecule has 1 aromatic heterocycles. The zero-order valence-corrected chi connectivity index (χ0v) is 8.34. The van der Waals surface area contributed by atoms with E-state index in [2.05, 4.69) is 0 Å². The van der Waals surface area contributed by atoms with Crippen LogP contribution in [0.4, 0.5) is 0 Å². The van der Waals surface area contributed by atoms with Gasteiger partial charge >= 0.3 is 0 Å². The molecule has 2 N–H and O–H groups in total. The summed E-state index contributed by atoms with van der Waals surface area (Å²) in [7, 11) is 0. The summed E-state index contributed by atoms with van der Waals surface area (Å²) in [6.45, 7) is 2.47. The number of benzene rings is 1. The van der Waals surface area contributed by atoms with Crippen LogP contribution >= 0.6 is 11.5 Å². The van der Waals surface area contributed by atoms with Crippen molar-refractivity contribution in [3.63, 3.8) is 0 Å². The van der Waals surface area contributed by atoms with Gasteiger partial charge in [0.2, 0.25) is 0 Å². The van der Waals surface area contributed by atoms with Crippen LogP contribution in [0.3, 0.4) is 0 Å². The fourth-order valence-electron chi connectivity index (χ4n) is 1.30. The lowest BCUT2D eigenvalue weighted by Crippen LogP contribution is -2.10. The van der Waals surface area contributed by atoms with Crippen molar-refractivity contribution in [1.82, 2.24) is 3.96 Å². The molecule has 0 aliphatic heterocycles. The third kappa shape index (κ3) is 1.17. The number of rotatable bonds is 1. The standard InChI is InChI=1S/C9H9NO3S/c1-2-10-9(13)5-3-6(11)7(12)4-8(5)14-10/h3-4,11-12H,2H2,1H3. The number of hydrogen-bond acceptors (Lipinski definition) is 4. The minimum absolute atomic E-state index is 0.122. The Hall–Kier alpha value is -1.49. The van der Waals surface area contributed by atoms with Crippen molar-refractivity contribution in [2.45, 2.75) is 13.5 Å². The van der Waals surface area contributed by atoms with Gasteiger partial charge in [-0.05, 0) is 13.0 Å². The average Bonchev–Trinajstić information content (AvgIpc) is 2.45. The SMILES string of the molecule is CCn1sc2cc(O)c(O)cc2c1=O. The van der Waals surface area contributed by atoms with Crippen LogP contribution in [-0.2, 0) is 6.54 Å². The van der Waals surface area contributed by atoms with Crippen LogP contribution in [0.25, 0.3) is 10.1 Å². The molecule has 0 unspecified atom stereocenters. The zero-order chi connectivity index (χ0) is 10.3. The van der Waals surface area contributed by atoms with Crippen molar-refractivity contribution in [3.05, 3.63) is 22.5 Å². The Morgan fingerprint density at radius 2 is 2.00 bits per heavy atom. The van der Waals surface area contributed by atoms with E-state index in [4.69, 9.17) is 0 Å². The van der Waals surface area contributed by atoms with Gasteiger partial charge in [-0.2, -0.15) is 0 Å². The van der Waals surface area contributed by atoms with Crippen LogP contribution < -0.4 is 5.56 Å². The maximum atomic E-state index is 11.6. The van der Waals surface area contributed by atoms with Crippen LogP contribution in [0.15, 0.2) is 16.9 Å².